The maximum absolute atomic E-state index is 12.8. The van der Waals surface area contributed by atoms with Crippen molar-refractivity contribution >= 4 is 23.1 Å². The van der Waals surface area contributed by atoms with Crippen LogP contribution in [0.5, 0.6) is 11.8 Å². The first-order chi connectivity index (χ1) is 15.1. The number of aromatic nitrogens is 3. The zero-order valence-electron chi connectivity index (χ0n) is 16.5. The number of alkyl halides is 3. The molecule has 0 fully saturated rings. The Morgan fingerprint density at radius 1 is 0.906 bits per heavy atom. The lowest BCUT2D eigenvalue weighted by atomic mass is 10.1. The van der Waals surface area contributed by atoms with Gasteiger partial charge in [-0.1, -0.05) is 17.7 Å². The summed E-state index contributed by atoms with van der Waals surface area (Å²) < 4.78 is 39.6. The van der Waals surface area contributed by atoms with Gasteiger partial charge in [0.2, 0.25) is 17.7 Å². The average molecular weight is 461 g/mol. The van der Waals surface area contributed by atoms with Gasteiger partial charge in [-0.25, -0.2) is 9.55 Å². The maximum Gasteiger partial charge on any atom is 0.416 e. The summed E-state index contributed by atoms with van der Waals surface area (Å²) in [4.78, 5) is 8.75. The van der Waals surface area contributed by atoms with E-state index in [0.717, 1.165) is 22.3 Å². The second kappa shape index (κ2) is 8.08. The highest BCUT2D eigenvalue weighted by Gasteiger charge is 2.30. The van der Waals surface area contributed by atoms with Crippen LogP contribution < -0.4 is 5.32 Å². The van der Waals surface area contributed by atoms with Crippen LogP contribution in [-0.2, 0) is 6.18 Å². The molecule has 0 amide bonds. The molecule has 0 saturated heterocycles. The van der Waals surface area contributed by atoms with Crippen molar-refractivity contribution in [1.29, 1.82) is 0 Å². The van der Waals surface area contributed by atoms with Gasteiger partial charge in [0.05, 0.1) is 11.3 Å². The minimum atomic E-state index is -4.44. The fourth-order valence-electron chi connectivity index (χ4n) is 3.12. The smallest absolute Gasteiger partial charge is 0.416 e. The number of halogens is 4. The average Bonchev–Trinajstić information content (AvgIpc) is 3.07. The lowest BCUT2D eigenvalue weighted by Gasteiger charge is -2.14. The van der Waals surface area contributed by atoms with Gasteiger partial charge in [-0.2, -0.15) is 18.2 Å². The second-order valence-corrected chi connectivity index (χ2v) is 7.42. The standard InChI is InChI=1S/C22H16ClF3N4O2/c1-12-2-5-14(23)10-16(12)17-11-18(27-15-6-3-13(4-7-15)22(24,25)26)29-21(28-17)30-19(31)8-9-20(30)32/h2-11,31-32H,1H3,(H,27,28,29). The van der Waals surface area contributed by atoms with E-state index in [9.17, 15) is 23.4 Å². The molecule has 0 saturated carbocycles. The molecule has 0 bridgehead atoms. The predicted molar refractivity (Wildman–Crippen MR) is 115 cm³/mol. The third-order valence-corrected chi connectivity index (χ3v) is 4.95. The van der Waals surface area contributed by atoms with E-state index in [0.29, 0.717) is 22.0 Å². The van der Waals surface area contributed by atoms with Crippen molar-refractivity contribution in [2.75, 3.05) is 5.32 Å². The van der Waals surface area contributed by atoms with E-state index in [1.54, 1.807) is 18.2 Å². The minimum absolute atomic E-state index is 0.0451. The highest BCUT2D eigenvalue weighted by Crippen LogP contribution is 2.33. The van der Waals surface area contributed by atoms with Gasteiger partial charge in [0, 0.05) is 34.5 Å². The normalized spacial score (nSPS) is 11.5. The van der Waals surface area contributed by atoms with Gasteiger partial charge < -0.3 is 15.5 Å². The molecule has 2 aromatic heterocycles. The van der Waals surface area contributed by atoms with Crippen LogP contribution in [0.4, 0.5) is 24.7 Å². The summed E-state index contributed by atoms with van der Waals surface area (Å²) in [6, 6.07) is 13.9. The number of rotatable bonds is 4. The van der Waals surface area contributed by atoms with E-state index in [2.05, 4.69) is 15.3 Å². The van der Waals surface area contributed by atoms with E-state index in [1.165, 1.54) is 24.3 Å². The second-order valence-electron chi connectivity index (χ2n) is 6.98. The number of benzene rings is 2. The van der Waals surface area contributed by atoms with Gasteiger partial charge in [-0.05, 0) is 48.9 Å². The van der Waals surface area contributed by atoms with Crippen LogP contribution in [0, 0.1) is 6.92 Å². The summed E-state index contributed by atoms with van der Waals surface area (Å²) in [6.45, 7) is 1.86. The van der Waals surface area contributed by atoms with Gasteiger partial charge >= 0.3 is 6.18 Å². The first-order valence-electron chi connectivity index (χ1n) is 9.32. The van der Waals surface area contributed by atoms with Crippen LogP contribution in [-0.4, -0.2) is 24.7 Å². The number of aromatic hydroxyl groups is 2. The maximum atomic E-state index is 12.8. The Labute approximate surface area is 185 Å². The molecule has 3 N–H and O–H groups in total. The fraction of sp³-hybridized carbons (Fsp3) is 0.0909. The van der Waals surface area contributed by atoms with E-state index < -0.39 is 11.7 Å². The molecule has 0 unspecified atom stereocenters. The molecular weight excluding hydrogens is 445 g/mol. The third kappa shape index (κ3) is 4.33. The fourth-order valence-corrected chi connectivity index (χ4v) is 3.29. The zero-order chi connectivity index (χ0) is 23.0. The van der Waals surface area contributed by atoms with E-state index in [-0.39, 0.29) is 23.5 Å². The molecule has 2 aromatic carbocycles. The third-order valence-electron chi connectivity index (χ3n) is 4.71. The predicted octanol–water partition coefficient (Wildman–Crippen LogP) is 6.07. The number of anilines is 2. The molecule has 6 nitrogen and oxygen atoms in total. The quantitative estimate of drug-likeness (QED) is 0.344. The minimum Gasteiger partial charge on any atom is -0.494 e. The first kappa shape index (κ1) is 21.5. The molecule has 0 aliphatic rings. The van der Waals surface area contributed by atoms with E-state index in [1.807, 2.05) is 13.0 Å². The lowest BCUT2D eigenvalue weighted by molar-refractivity contribution is -0.137. The number of nitrogens with zero attached hydrogens (tertiary/aromatic N) is 3. The Bertz CT molecular complexity index is 1270. The molecule has 164 valence electrons. The van der Waals surface area contributed by atoms with Crippen molar-refractivity contribution < 1.29 is 23.4 Å². The van der Waals surface area contributed by atoms with Crippen LogP contribution in [0.25, 0.3) is 17.2 Å². The molecule has 0 radical (unpaired) electrons. The molecule has 10 heteroatoms. The number of aryl methyl sites for hydroxylation is 1. The molecule has 0 aliphatic heterocycles. The summed E-state index contributed by atoms with van der Waals surface area (Å²) in [5, 5.41) is 23.6. The van der Waals surface area contributed by atoms with Crippen molar-refractivity contribution in [2.24, 2.45) is 0 Å². The lowest BCUT2D eigenvalue weighted by Crippen LogP contribution is -2.06. The highest BCUT2D eigenvalue weighted by atomic mass is 35.5. The first-order valence-corrected chi connectivity index (χ1v) is 9.69. The largest absolute Gasteiger partial charge is 0.494 e. The highest BCUT2D eigenvalue weighted by molar-refractivity contribution is 6.30. The van der Waals surface area contributed by atoms with Crippen LogP contribution in [0.1, 0.15) is 11.1 Å². The molecule has 0 spiro atoms. The van der Waals surface area contributed by atoms with Crippen LogP contribution in [0.3, 0.4) is 0 Å². The number of hydrogen-bond acceptors (Lipinski definition) is 5. The van der Waals surface area contributed by atoms with Gasteiger partial charge in [0.1, 0.15) is 5.82 Å². The van der Waals surface area contributed by atoms with Crippen LogP contribution in [0.15, 0.2) is 60.7 Å². The Morgan fingerprint density at radius 3 is 2.19 bits per heavy atom. The van der Waals surface area contributed by atoms with Crippen molar-refractivity contribution in [1.82, 2.24) is 14.5 Å². The molecule has 32 heavy (non-hydrogen) atoms. The van der Waals surface area contributed by atoms with E-state index in [4.69, 9.17) is 11.6 Å². The Kier molecular flexibility index (Phi) is 5.43. The van der Waals surface area contributed by atoms with Gasteiger partial charge in [0.25, 0.3) is 0 Å². The molecule has 0 atom stereocenters. The molecule has 4 rings (SSSR count). The monoisotopic (exact) mass is 460 g/mol. The summed E-state index contributed by atoms with van der Waals surface area (Å²) >= 11 is 6.14. The number of hydrogen-bond donors (Lipinski definition) is 3. The van der Waals surface area contributed by atoms with Crippen molar-refractivity contribution in [2.45, 2.75) is 13.1 Å². The SMILES string of the molecule is Cc1ccc(Cl)cc1-c1cc(Nc2ccc(C(F)(F)F)cc2)nc(-n2c(O)ccc2O)n1. The molecule has 0 aliphatic carbocycles. The van der Waals surface area contributed by atoms with Gasteiger partial charge in [-0.15, -0.1) is 0 Å². The van der Waals surface area contributed by atoms with Crippen molar-refractivity contribution in [3.05, 3.63) is 76.8 Å². The summed E-state index contributed by atoms with van der Waals surface area (Å²) in [5.41, 5.74) is 1.56. The van der Waals surface area contributed by atoms with Gasteiger partial charge in [0.15, 0.2) is 0 Å². The van der Waals surface area contributed by atoms with Crippen LogP contribution >= 0.6 is 11.6 Å². The topological polar surface area (TPSA) is 83.2 Å². The molecular formula is C22H16ClF3N4O2. The van der Waals surface area contributed by atoms with E-state index >= 15 is 0 Å². The Balaban J connectivity index is 1.81. The van der Waals surface area contributed by atoms with Crippen molar-refractivity contribution in [3.63, 3.8) is 0 Å². The van der Waals surface area contributed by atoms with Gasteiger partial charge in [-0.3, -0.25) is 0 Å². The summed E-state index contributed by atoms with van der Waals surface area (Å²) in [6.07, 6.45) is -4.44. The Morgan fingerprint density at radius 2 is 1.56 bits per heavy atom. The summed E-state index contributed by atoms with van der Waals surface area (Å²) in [5.74, 6) is -0.390. The van der Waals surface area contributed by atoms with Crippen LogP contribution in [0.2, 0.25) is 5.02 Å². The molecule has 4 aromatic rings. The molecule has 2 heterocycles. The van der Waals surface area contributed by atoms with Crippen molar-refractivity contribution in [3.8, 4) is 29.0 Å². The summed E-state index contributed by atoms with van der Waals surface area (Å²) in [7, 11) is 0. The number of nitrogens with one attached hydrogen (secondary N) is 1. The Hall–Kier alpha value is -3.72. The zero-order valence-corrected chi connectivity index (χ0v) is 17.3.